The lowest BCUT2D eigenvalue weighted by atomic mass is 10.4. The number of ether oxygens (including phenoxy) is 1. The summed E-state index contributed by atoms with van der Waals surface area (Å²) in [6.07, 6.45) is 1.06. The lowest BCUT2D eigenvalue weighted by Crippen LogP contribution is -2.10. The topological polar surface area (TPSA) is 21.3 Å². The molecule has 2 nitrogen and oxygen atoms in total. The van der Waals surface area contributed by atoms with Gasteiger partial charge in [0.25, 0.3) is 0 Å². The van der Waals surface area contributed by atoms with Crippen molar-refractivity contribution in [3.8, 4) is 0 Å². The van der Waals surface area contributed by atoms with E-state index in [4.69, 9.17) is 16.3 Å². The van der Waals surface area contributed by atoms with Crippen molar-refractivity contribution in [1.29, 1.82) is 0 Å². The number of hydrogen-bond acceptors (Lipinski definition) is 2. The van der Waals surface area contributed by atoms with Gasteiger partial charge in [-0.25, -0.2) is 0 Å². The highest BCUT2D eigenvalue weighted by molar-refractivity contribution is 6.17. The molecule has 1 N–H and O–H groups in total. The van der Waals surface area contributed by atoms with Gasteiger partial charge in [0.05, 0.1) is 6.61 Å². The Labute approximate surface area is 61.5 Å². The number of hydrogen-bond donors (Lipinski definition) is 1. The predicted molar refractivity (Wildman–Crippen MR) is 40.1 cm³/mol. The summed E-state index contributed by atoms with van der Waals surface area (Å²) in [6, 6.07) is 0. The van der Waals surface area contributed by atoms with Crippen molar-refractivity contribution in [2.45, 2.75) is 6.42 Å². The summed E-state index contributed by atoms with van der Waals surface area (Å²) in [5, 5.41) is 3.03. The fourth-order valence-corrected chi connectivity index (χ4v) is 0.617. The average Bonchev–Trinajstić information content (AvgIpc) is 1.89. The standard InChI is InChI=1S/C6H14ClNO/c1-8-4-2-5-9-6-3-7/h8H,2-6H2,1H3. The van der Waals surface area contributed by atoms with Gasteiger partial charge < -0.3 is 10.1 Å². The van der Waals surface area contributed by atoms with E-state index < -0.39 is 0 Å². The van der Waals surface area contributed by atoms with Crippen LogP contribution in [0.1, 0.15) is 6.42 Å². The maximum Gasteiger partial charge on any atom is 0.0601 e. The van der Waals surface area contributed by atoms with Crippen molar-refractivity contribution in [2.75, 3.05) is 32.7 Å². The van der Waals surface area contributed by atoms with Crippen LogP contribution in [0.5, 0.6) is 0 Å². The van der Waals surface area contributed by atoms with E-state index in [1.54, 1.807) is 0 Å². The van der Waals surface area contributed by atoms with Crippen LogP contribution in [0.2, 0.25) is 0 Å². The van der Waals surface area contributed by atoms with Gasteiger partial charge in [0.2, 0.25) is 0 Å². The lowest BCUT2D eigenvalue weighted by molar-refractivity contribution is 0.147. The van der Waals surface area contributed by atoms with Gasteiger partial charge >= 0.3 is 0 Å². The fourth-order valence-electron chi connectivity index (χ4n) is 0.508. The Balaban J connectivity index is 2.60. The van der Waals surface area contributed by atoms with Crippen molar-refractivity contribution in [2.24, 2.45) is 0 Å². The van der Waals surface area contributed by atoms with Crippen LogP contribution in [0.3, 0.4) is 0 Å². The molecule has 0 aliphatic rings. The normalized spacial score (nSPS) is 10.0. The maximum atomic E-state index is 5.37. The molecule has 0 saturated heterocycles. The summed E-state index contributed by atoms with van der Waals surface area (Å²) in [4.78, 5) is 0. The van der Waals surface area contributed by atoms with Crippen molar-refractivity contribution in [1.82, 2.24) is 5.32 Å². The molecule has 0 aromatic rings. The van der Waals surface area contributed by atoms with E-state index in [-0.39, 0.29) is 0 Å². The second kappa shape index (κ2) is 8.21. The largest absolute Gasteiger partial charge is 0.380 e. The Morgan fingerprint density at radius 1 is 1.44 bits per heavy atom. The molecule has 3 heteroatoms. The summed E-state index contributed by atoms with van der Waals surface area (Å²) in [5.74, 6) is 0.597. The summed E-state index contributed by atoms with van der Waals surface area (Å²) in [6.45, 7) is 2.50. The Hall–Kier alpha value is 0.210. The molecule has 56 valence electrons. The highest BCUT2D eigenvalue weighted by atomic mass is 35.5. The molecule has 9 heavy (non-hydrogen) atoms. The van der Waals surface area contributed by atoms with Crippen LogP contribution < -0.4 is 5.32 Å². The average molecular weight is 152 g/mol. The van der Waals surface area contributed by atoms with E-state index in [1.807, 2.05) is 7.05 Å². The van der Waals surface area contributed by atoms with Gasteiger partial charge in [0.15, 0.2) is 0 Å². The van der Waals surface area contributed by atoms with Gasteiger partial charge in [-0.1, -0.05) is 0 Å². The van der Waals surface area contributed by atoms with Gasteiger partial charge in [0, 0.05) is 12.5 Å². The molecular formula is C6H14ClNO. The quantitative estimate of drug-likeness (QED) is 0.449. The lowest BCUT2D eigenvalue weighted by Gasteiger charge is -1.99. The number of halogens is 1. The minimum absolute atomic E-state index is 0.597. The zero-order chi connectivity index (χ0) is 6.95. The van der Waals surface area contributed by atoms with Crippen LogP contribution in [0.4, 0.5) is 0 Å². The van der Waals surface area contributed by atoms with Crippen LogP contribution in [0.25, 0.3) is 0 Å². The van der Waals surface area contributed by atoms with E-state index >= 15 is 0 Å². The maximum absolute atomic E-state index is 5.37. The summed E-state index contributed by atoms with van der Waals surface area (Å²) >= 11 is 5.37. The first-order chi connectivity index (χ1) is 4.41. The molecule has 0 saturated carbocycles. The molecular weight excluding hydrogens is 138 g/mol. The molecule has 0 radical (unpaired) electrons. The Morgan fingerprint density at radius 3 is 2.78 bits per heavy atom. The monoisotopic (exact) mass is 151 g/mol. The first kappa shape index (κ1) is 9.21. The second-order valence-electron chi connectivity index (χ2n) is 1.76. The van der Waals surface area contributed by atoms with Crippen molar-refractivity contribution in [3.05, 3.63) is 0 Å². The third-order valence-corrected chi connectivity index (χ3v) is 1.09. The summed E-state index contributed by atoms with van der Waals surface area (Å²) in [7, 11) is 1.93. The number of alkyl halides is 1. The zero-order valence-corrected chi connectivity index (χ0v) is 6.58. The predicted octanol–water partition coefficient (Wildman–Crippen LogP) is 0.851. The van der Waals surface area contributed by atoms with Crippen molar-refractivity contribution >= 4 is 11.6 Å². The fraction of sp³-hybridized carbons (Fsp3) is 1.00. The molecule has 0 heterocycles. The third-order valence-electron chi connectivity index (χ3n) is 0.937. The minimum atomic E-state index is 0.597. The van der Waals surface area contributed by atoms with E-state index in [1.165, 1.54) is 0 Å². The summed E-state index contributed by atoms with van der Waals surface area (Å²) in [5.41, 5.74) is 0. The van der Waals surface area contributed by atoms with Gasteiger partial charge in [-0.3, -0.25) is 0 Å². The molecule has 0 amide bonds. The van der Waals surface area contributed by atoms with Gasteiger partial charge in [-0.15, -0.1) is 11.6 Å². The van der Waals surface area contributed by atoms with E-state index in [9.17, 15) is 0 Å². The smallest absolute Gasteiger partial charge is 0.0601 e. The Morgan fingerprint density at radius 2 is 2.22 bits per heavy atom. The van der Waals surface area contributed by atoms with Gasteiger partial charge in [-0.05, 0) is 20.0 Å². The van der Waals surface area contributed by atoms with Crippen LogP contribution in [0.15, 0.2) is 0 Å². The molecule has 0 fully saturated rings. The van der Waals surface area contributed by atoms with E-state index in [2.05, 4.69) is 5.32 Å². The summed E-state index contributed by atoms with van der Waals surface area (Å²) < 4.78 is 5.11. The second-order valence-corrected chi connectivity index (χ2v) is 2.14. The highest BCUT2D eigenvalue weighted by Crippen LogP contribution is 1.81. The highest BCUT2D eigenvalue weighted by Gasteiger charge is 1.84. The van der Waals surface area contributed by atoms with Crippen LogP contribution in [0, 0.1) is 0 Å². The molecule has 0 spiro atoms. The molecule has 0 aromatic heterocycles. The zero-order valence-electron chi connectivity index (χ0n) is 5.82. The van der Waals surface area contributed by atoms with Gasteiger partial charge in [-0.2, -0.15) is 0 Å². The van der Waals surface area contributed by atoms with Crippen LogP contribution >= 0.6 is 11.6 Å². The third kappa shape index (κ3) is 8.21. The molecule has 0 aliphatic carbocycles. The first-order valence-electron chi connectivity index (χ1n) is 3.20. The van der Waals surface area contributed by atoms with E-state index in [0.717, 1.165) is 19.6 Å². The van der Waals surface area contributed by atoms with Crippen molar-refractivity contribution in [3.63, 3.8) is 0 Å². The molecule has 0 atom stereocenters. The van der Waals surface area contributed by atoms with Gasteiger partial charge in [0.1, 0.15) is 0 Å². The number of nitrogens with one attached hydrogen (secondary N) is 1. The minimum Gasteiger partial charge on any atom is -0.380 e. The molecule has 0 aromatic carbocycles. The van der Waals surface area contributed by atoms with Crippen LogP contribution in [-0.4, -0.2) is 32.7 Å². The van der Waals surface area contributed by atoms with E-state index in [0.29, 0.717) is 12.5 Å². The molecule has 0 unspecified atom stereocenters. The SMILES string of the molecule is CNCCCOCCCl. The van der Waals surface area contributed by atoms with Crippen LogP contribution in [-0.2, 0) is 4.74 Å². The molecule has 0 rings (SSSR count). The van der Waals surface area contributed by atoms with Crippen molar-refractivity contribution < 1.29 is 4.74 Å². The molecule has 0 aliphatic heterocycles. The number of rotatable bonds is 6. The Bertz CT molecular complexity index is 46.3. The Kier molecular flexibility index (Phi) is 8.40. The first-order valence-corrected chi connectivity index (χ1v) is 3.73. The molecule has 0 bridgehead atoms.